The molecule has 0 aliphatic rings. The fourth-order valence-corrected chi connectivity index (χ4v) is 6.61. The van der Waals surface area contributed by atoms with Crippen LogP contribution in [0.25, 0.3) is 0 Å². The lowest BCUT2D eigenvalue weighted by Gasteiger charge is -2.22. The highest BCUT2D eigenvalue weighted by molar-refractivity contribution is 5.74. The van der Waals surface area contributed by atoms with Crippen LogP contribution in [0.2, 0.25) is 0 Å². The molecule has 8 heteroatoms. The normalized spacial score (nSPS) is 12.2. The van der Waals surface area contributed by atoms with Crippen LogP contribution in [-0.4, -0.2) is 44.3 Å². The van der Waals surface area contributed by atoms with E-state index in [0.717, 1.165) is 64.2 Å². The molecule has 0 fully saturated rings. The van der Waals surface area contributed by atoms with E-state index in [1.54, 1.807) is 55.4 Å². The van der Waals surface area contributed by atoms with Crippen LogP contribution >= 0.6 is 0 Å². The summed E-state index contributed by atoms with van der Waals surface area (Å²) in [5.41, 5.74) is 7.65. The van der Waals surface area contributed by atoms with Gasteiger partial charge < -0.3 is 20.4 Å². The minimum absolute atomic E-state index is 0.650. The molecule has 0 aliphatic carbocycles. The van der Waals surface area contributed by atoms with E-state index >= 15 is 0 Å². The number of aliphatic carboxylic acids is 4. The summed E-state index contributed by atoms with van der Waals surface area (Å²) in [6.45, 7) is 22.8. The van der Waals surface area contributed by atoms with Crippen LogP contribution in [0, 0.1) is 49.4 Å². The maximum atomic E-state index is 11.3. The van der Waals surface area contributed by atoms with Gasteiger partial charge in [-0.3, -0.25) is 19.2 Å². The lowest BCUT2D eigenvalue weighted by Crippen LogP contribution is -2.23. The van der Waals surface area contributed by atoms with Gasteiger partial charge in [-0.2, -0.15) is 0 Å². The lowest BCUT2D eigenvalue weighted by molar-refractivity contribution is -0.148. The molecule has 0 amide bonds. The highest BCUT2D eigenvalue weighted by Crippen LogP contribution is 2.31. The third-order valence-corrected chi connectivity index (χ3v) is 11.6. The second kappa shape index (κ2) is 20.8. The van der Waals surface area contributed by atoms with Crippen LogP contribution < -0.4 is 0 Å². The molecule has 304 valence electrons. The first-order chi connectivity index (χ1) is 24.7. The summed E-state index contributed by atoms with van der Waals surface area (Å²) in [5, 5.41) is 36.9. The molecule has 0 atom stereocenters. The Balaban J connectivity index is 0.000000540. The molecule has 2 aromatic carbocycles. The van der Waals surface area contributed by atoms with Crippen LogP contribution in [0.1, 0.15) is 164 Å². The number of rotatable bonds is 22. The minimum atomic E-state index is -0.749. The first-order valence-corrected chi connectivity index (χ1v) is 19.9. The molecular formula is C46H72O8. The summed E-state index contributed by atoms with van der Waals surface area (Å²) in [6, 6.07) is 8.81. The third-order valence-electron chi connectivity index (χ3n) is 11.6. The summed E-state index contributed by atoms with van der Waals surface area (Å²) in [7, 11) is 0. The van der Waals surface area contributed by atoms with Crippen LogP contribution in [0.5, 0.6) is 0 Å². The smallest absolute Gasteiger partial charge is 0.309 e. The average Bonchev–Trinajstić information content (AvgIpc) is 3.06. The van der Waals surface area contributed by atoms with Crippen molar-refractivity contribution in [1.29, 1.82) is 0 Å². The van der Waals surface area contributed by atoms with E-state index in [1.165, 1.54) is 44.5 Å². The van der Waals surface area contributed by atoms with Crippen molar-refractivity contribution in [2.24, 2.45) is 21.7 Å². The Labute approximate surface area is 326 Å². The fourth-order valence-electron chi connectivity index (χ4n) is 6.61. The Kier molecular flexibility index (Phi) is 18.7. The average molecular weight is 753 g/mol. The van der Waals surface area contributed by atoms with Gasteiger partial charge in [0.25, 0.3) is 0 Å². The monoisotopic (exact) mass is 753 g/mol. The summed E-state index contributed by atoms with van der Waals surface area (Å²) < 4.78 is 0. The second-order valence-corrected chi connectivity index (χ2v) is 18.2. The topological polar surface area (TPSA) is 149 Å². The van der Waals surface area contributed by atoms with Crippen LogP contribution in [0.4, 0.5) is 0 Å². The molecule has 0 aromatic heterocycles. The van der Waals surface area contributed by atoms with Crippen molar-refractivity contribution in [2.45, 2.75) is 173 Å². The summed E-state index contributed by atoms with van der Waals surface area (Å²) >= 11 is 0. The lowest BCUT2D eigenvalue weighted by atomic mass is 9.83. The van der Waals surface area contributed by atoms with Gasteiger partial charge in [0.2, 0.25) is 0 Å². The van der Waals surface area contributed by atoms with E-state index in [9.17, 15) is 39.6 Å². The van der Waals surface area contributed by atoms with Gasteiger partial charge in [-0.05, 0) is 205 Å². The molecular weight excluding hydrogens is 680 g/mol. The Bertz CT molecular complexity index is 1580. The van der Waals surface area contributed by atoms with Gasteiger partial charge in [0.05, 0.1) is 21.7 Å². The predicted octanol–water partition coefficient (Wildman–Crippen LogP) is 11.1. The number of carboxylic acid groups (broad SMARTS) is 4. The number of hydrogen-bond donors (Lipinski definition) is 4. The Morgan fingerprint density at radius 2 is 0.833 bits per heavy atom. The van der Waals surface area contributed by atoms with Gasteiger partial charge in [-0.1, -0.05) is 37.1 Å². The van der Waals surface area contributed by atoms with Crippen LogP contribution in [0.15, 0.2) is 24.3 Å². The zero-order valence-electron chi connectivity index (χ0n) is 35.6. The summed E-state index contributed by atoms with van der Waals surface area (Å²) in [6.07, 6.45) is 11.9. The number of carbonyl (C=O) groups is 4. The first kappa shape index (κ1) is 48.3. The summed E-state index contributed by atoms with van der Waals surface area (Å²) in [5.74, 6) is -2.96. The quantitative estimate of drug-likeness (QED) is 0.0868. The number of benzene rings is 2. The Morgan fingerprint density at radius 3 is 1.28 bits per heavy atom. The predicted molar refractivity (Wildman–Crippen MR) is 218 cm³/mol. The molecule has 4 N–H and O–H groups in total. The molecule has 8 nitrogen and oxygen atoms in total. The Hall–Kier alpha value is -3.68. The van der Waals surface area contributed by atoms with E-state index in [2.05, 4.69) is 52.0 Å². The van der Waals surface area contributed by atoms with Crippen molar-refractivity contribution in [1.82, 2.24) is 0 Å². The van der Waals surface area contributed by atoms with Crippen molar-refractivity contribution >= 4 is 23.9 Å². The molecule has 0 bridgehead atoms. The van der Waals surface area contributed by atoms with Gasteiger partial charge >= 0.3 is 23.9 Å². The molecule has 54 heavy (non-hydrogen) atoms. The van der Waals surface area contributed by atoms with Gasteiger partial charge in [0, 0.05) is 0 Å². The minimum Gasteiger partial charge on any atom is -0.481 e. The maximum Gasteiger partial charge on any atom is 0.309 e. The zero-order valence-corrected chi connectivity index (χ0v) is 35.6. The van der Waals surface area contributed by atoms with Crippen LogP contribution in [0.3, 0.4) is 0 Å². The van der Waals surface area contributed by atoms with Gasteiger partial charge in [0.1, 0.15) is 0 Å². The number of hydrogen-bond acceptors (Lipinski definition) is 4. The Morgan fingerprint density at radius 1 is 0.444 bits per heavy atom. The van der Waals surface area contributed by atoms with Gasteiger partial charge in [0.15, 0.2) is 0 Å². The molecule has 0 saturated carbocycles. The van der Waals surface area contributed by atoms with E-state index in [1.807, 2.05) is 0 Å². The summed E-state index contributed by atoms with van der Waals surface area (Å²) in [4.78, 5) is 44.9. The van der Waals surface area contributed by atoms with Gasteiger partial charge in [-0.15, -0.1) is 0 Å². The standard InChI is InChI=1S/2C23H36O4/c1-15-14-18(10-8-12-22(4,5)20(24)25)17(3)19(16(15)2)11-9-13-23(6,7)21(26)27;1-17-12-13-18(10-6-8-14-22(2,3)20(24)25)16-19(17)11-7-9-15-23(4,5)21(26)27/h14H,8-13H2,1-7H3,(H,24,25)(H,26,27);12-13,16H,6-11,14-15H2,1-5H3,(H,24,25)(H,26,27). The molecule has 0 heterocycles. The first-order valence-electron chi connectivity index (χ1n) is 19.9. The van der Waals surface area contributed by atoms with Crippen LogP contribution in [-0.2, 0) is 44.9 Å². The van der Waals surface area contributed by atoms with E-state index < -0.39 is 45.5 Å². The van der Waals surface area contributed by atoms with Crippen molar-refractivity contribution in [3.63, 3.8) is 0 Å². The molecule has 2 rings (SSSR count). The highest BCUT2D eigenvalue weighted by atomic mass is 16.4. The number of unbranched alkanes of at least 4 members (excludes halogenated alkanes) is 2. The number of carboxylic acids is 4. The van der Waals surface area contributed by atoms with Crippen molar-refractivity contribution in [3.8, 4) is 0 Å². The van der Waals surface area contributed by atoms with Crippen molar-refractivity contribution in [2.75, 3.05) is 0 Å². The largest absolute Gasteiger partial charge is 0.481 e. The molecule has 0 saturated heterocycles. The molecule has 0 aliphatic heterocycles. The maximum absolute atomic E-state index is 11.3. The van der Waals surface area contributed by atoms with Crippen molar-refractivity contribution in [3.05, 3.63) is 68.8 Å². The second-order valence-electron chi connectivity index (χ2n) is 18.2. The highest BCUT2D eigenvalue weighted by Gasteiger charge is 2.29. The van der Waals surface area contributed by atoms with E-state index in [-0.39, 0.29) is 0 Å². The van der Waals surface area contributed by atoms with E-state index in [4.69, 9.17) is 0 Å². The molecule has 0 unspecified atom stereocenters. The molecule has 0 spiro atoms. The van der Waals surface area contributed by atoms with E-state index in [0.29, 0.717) is 25.7 Å². The SMILES string of the molecule is Cc1cc(CCCC(C)(C)C(=O)O)c(C)c(CCCC(C)(C)C(=O)O)c1C.Cc1ccc(CCCCC(C)(C)C(=O)O)cc1CCCCC(C)(C)C(=O)O. The number of aryl methyl sites for hydroxylation is 5. The van der Waals surface area contributed by atoms with Crippen molar-refractivity contribution < 1.29 is 39.6 Å². The van der Waals surface area contributed by atoms with Gasteiger partial charge in [-0.25, -0.2) is 0 Å². The third kappa shape index (κ3) is 15.6. The molecule has 2 aromatic rings. The zero-order chi connectivity index (χ0) is 41.7. The fraction of sp³-hybridized carbons (Fsp3) is 0.652. The molecule has 0 radical (unpaired) electrons.